The summed E-state index contributed by atoms with van der Waals surface area (Å²) in [5.74, 6) is -0.791. The van der Waals surface area contributed by atoms with E-state index < -0.39 is 33.7 Å². The van der Waals surface area contributed by atoms with Crippen molar-refractivity contribution in [1.82, 2.24) is 9.62 Å². The van der Waals surface area contributed by atoms with Crippen molar-refractivity contribution in [2.75, 3.05) is 25.4 Å². The number of hydrogen-bond acceptors (Lipinski definition) is 7. The minimum absolute atomic E-state index is 0.0572. The van der Waals surface area contributed by atoms with Crippen LogP contribution >= 0.6 is 0 Å². The Kier molecular flexibility index (Phi) is 12.0. The summed E-state index contributed by atoms with van der Waals surface area (Å²) in [6, 6.07) is 22.8. The van der Waals surface area contributed by atoms with E-state index >= 15 is 0 Å². The Balaban J connectivity index is 1.49. The molecule has 0 aliphatic heterocycles. The zero-order chi connectivity index (χ0) is 33.3. The van der Waals surface area contributed by atoms with Gasteiger partial charge in [0.05, 0.1) is 18.4 Å². The zero-order valence-corrected chi connectivity index (χ0v) is 27.8. The highest BCUT2D eigenvalue weighted by molar-refractivity contribution is 7.90. The highest BCUT2D eigenvalue weighted by Gasteiger charge is 2.26. The predicted molar refractivity (Wildman–Crippen MR) is 179 cm³/mol. The predicted octanol–water partition coefficient (Wildman–Crippen LogP) is 5.97. The van der Waals surface area contributed by atoms with Crippen molar-refractivity contribution in [3.8, 4) is 11.1 Å². The number of sulfonamides is 1. The first-order chi connectivity index (χ1) is 21.8. The van der Waals surface area contributed by atoms with Crippen molar-refractivity contribution in [3.63, 3.8) is 0 Å². The quantitative estimate of drug-likeness (QED) is 0.208. The Morgan fingerprint density at radius 2 is 1.63 bits per heavy atom. The molecule has 0 spiro atoms. The van der Waals surface area contributed by atoms with E-state index in [4.69, 9.17) is 9.84 Å². The van der Waals surface area contributed by atoms with Crippen LogP contribution in [0.25, 0.3) is 11.1 Å². The summed E-state index contributed by atoms with van der Waals surface area (Å²) in [5, 5.41) is 19.8. The number of carbonyl (C=O) groups excluding carboxylic acids is 2. The summed E-state index contributed by atoms with van der Waals surface area (Å²) >= 11 is 0. The second-order valence-electron chi connectivity index (χ2n) is 12.9. The van der Waals surface area contributed by atoms with Gasteiger partial charge in [-0.3, -0.25) is 4.79 Å². The molecule has 0 aromatic heterocycles. The molecule has 1 saturated carbocycles. The third-order valence-electron chi connectivity index (χ3n) is 8.10. The SMILES string of the molecule is CC(C)(C)OC(=O)N(CCc1ccc(-c2ccc(C(=O)NS(=O)(=O)CCCO)c(C3CCCC3)c2)cc1)C[C@H](O)c1ccccc1. The first-order valence-electron chi connectivity index (χ1n) is 15.9. The van der Waals surface area contributed by atoms with Gasteiger partial charge in [0.15, 0.2) is 0 Å². The minimum Gasteiger partial charge on any atom is -0.444 e. The summed E-state index contributed by atoms with van der Waals surface area (Å²) in [4.78, 5) is 27.7. The lowest BCUT2D eigenvalue weighted by Crippen LogP contribution is -2.40. The molecule has 3 aromatic carbocycles. The van der Waals surface area contributed by atoms with Gasteiger partial charge in [-0.15, -0.1) is 0 Å². The van der Waals surface area contributed by atoms with Crippen LogP contribution in [0.2, 0.25) is 0 Å². The first kappa shape index (κ1) is 35.1. The van der Waals surface area contributed by atoms with E-state index in [1.807, 2.05) is 87.5 Å². The highest BCUT2D eigenvalue weighted by Crippen LogP contribution is 2.38. The summed E-state index contributed by atoms with van der Waals surface area (Å²) in [7, 11) is -3.85. The van der Waals surface area contributed by atoms with Crippen molar-refractivity contribution in [2.24, 2.45) is 0 Å². The summed E-state index contributed by atoms with van der Waals surface area (Å²) in [6.45, 7) is 5.63. The molecule has 46 heavy (non-hydrogen) atoms. The Morgan fingerprint density at radius 1 is 0.978 bits per heavy atom. The number of nitrogens with zero attached hydrogens (tertiary/aromatic N) is 1. The first-order valence-corrected chi connectivity index (χ1v) is 17.6. The summed E-state index contributed by atoms with van der Waals surface area (Å²) in [6.07, 6.45) is 3.27. The lowest BCUT2D eigenvalue weighted by atomic mass is 9.89. The third-order valence-corrected chi connectivity index (χ3v) is 9.42. The number of benzene rings is 3. The van der Waals surface area contributed by atoms with Crippen LogP contribution in [-0.4, -0.2) is 66.6 Å². The van der Waals surface area contributed by atoms with Gasteiger partial charge in [-0.1, -0.05) is 79.6 Å². The van der Waals surface area contributed by atoms with Gasteiger partial charge in [-0.05, 0) is 86.3 Å². The number of carbonyl (C=O) groups is 2. The molecule has 1 aliphatic carbocycles. The van der Waals surface area contributed by atoms with Gasteiger partial charge < -0.3 is 19.8 Å². The molecular formula is C36H46N2O7S. The van der Waals surface area contributed by atoms with Gasteiger partial charge in [0, 0.05) is 18.7 Å². The number of aliphatic hydroxyl groups is 2. The number of rotatable bonds is 13. The largest absolute Gasteiger partial charge is 0.444 e. The maximum absolute atomic E-state index is 13.1. The van der Waals surface area contributed by atoms with E-state index in [2.05, 4.69) is 4.72 Å². The van der Waals surface area contributed by atoms with E-state index in [9.17, 15) is 23.1 Å². The smallest absolute Gasteiger partial charge is 0.410 e. The average molecular weight is 651 g/mol. The molecular weight excluding hydrogens is 604 g/mol. The molecule has 1 fully saturated rings. The van der Waals surface area contributed by atoms with E-state index in [1.54, 1.807) is 11.0 Å². The van der Waals surface area contributed by atoms with Crippen LogP contribution < -0.4 is 4.72 Å². The molecule has 0 heterocycles. The van der Waals surface area contributed by atoms with Crippen LogP contribution in [0.5, 0.6) is 0 Å². The Hall–Kier alpha value is -3.73. The third kappa shape index (κ3) is 10.1. The summed E-state index contributed by atoms with van der Waals surface area (Å²) in [5.41, 5.74) is 4.15. The van der Waals surface area contributed by atoms with Gasteiger partial charge >= 0.3 is 6.09 Å². The maximum atomic E-state index is 13.1. The molecule has 0 radical (unpaired) electrons. The molecule has 1 atom stereocenters. The zero-order valence-electron chi connectivity index (χ0n) is 26.9. The molecule has 3 aromatic rings. The fourth-order valence-electron chi connectivity index (χ4n) is 5.73. The van der Waals surface area contributed by atoms with Crippen molar-refractivity contribution in [2.45, 2.75) is 76.9 Å². The number of nitrogens with one attached hydrogen (secondary N) is 1. The van der Waals surface area contributed by atoms with E-state index in [-0.39, 0.29) is 31.2 Å². The summed E-state index contributed by atoms with van der Waals surface area (Å²) < 4.78 is 32.5. The van der Waals surface area contributed by atoms with Crippen LogP contribution in [0.15, 0.2) is 72.8 Å². The van der Waals surface area contributed by atoms with E-state index in [0.717, 1.165) is 53.5 Å². The molecule has 1 aliphatic rings. The molecule has 2 amide bonds. The average Bonchev–Trinajstić information content (AvgIpc) is 3.56. The van der Waals surface area contributed by atoms with Gasteiger partial charge in [-0.25, -0.2) is 17.9 Å². The van der Waals surface area contributed by atoms with Crippen LogP contribution in [0.1, 0.15) is 91.9 Å². The van der Waals surface area contributed by atoms with Crippen LogP contribution in [-0.2, 0) is 21.2 Å². The number of hydrogen-bond donors (Lipinski definition) is 3. The van der Waals surface area contributed by atoms with E-state index in [1.165, 1.54) is 0 Å². The van der Waals surface area contributed by atoms with Crippen molar-refractivity contribution >= 4 is 22.0 Å². The van der Waals surface area contributed by atoms with Crippen molar-refractivity contribution in [1.29, 1.82) is 0 Å². The van der Waals surface area contributed by atoms with Gasteiger partial charge in [0.25, 0.3) is 5.91 Å². The molecule has 9 nitrogen and oxygen atoms in total. The molecule has 0 saturated heterocycles. The molecule has 3 N–H and O–H groups in total. The number of ether oxygens (including phenoxy) is 1. The topological polar surface area (TPSA) is 133 Å². The molecule has 248 valence electrons. The van der Waals surface area contributed by atoms with Crippen LogP contribution in [0.4, 0.5) is 4.79 Å². The molecule has 10 heteroatoms. The van der Waals surface area contributed by atoms with Gasteiger partial charge in [0.1, 0.15) is 5.60 Å². The molecule has 4 rings (SSSR count). The standard InChI is InChI=1S/C36H46N2O7S/c1-36(2,3)45-35(42)38(25-33(40)29-12-5-4-6-13-29)21-20-26-14-16-27(17-15-26)30-18-19-31(32(24-30)28-10-7-8-11-28)34(41)37-46(43,44)23-9-22-39/h4-6,12-19,24,28,33,39-40H,7-11,20-23,25H2,1-3H3,(H,37,41)/t33-/m0/s1. The Labute approximate surface area is 272 Å². The van der Waals surface area contributed by atoms with Crippen molar-refractivity contribution in [3.05, 3.63) is 95.1 Å². The minimum atomic E-state index is -3.85. The lowest BCUT2D eigenvalue weighted by Gasteiger charge is -2.29. The van der Waals surface area contributed by atoms with Crippen molar-refractivity contribution < 1.29 is 33.0 Å². The molecule has 0 unspecified atom stereocenters. The fourth-order valence-corrected chi connectivity index (χ4v) is 6.73. The van der Waals surface area contributed by atoms with Crippen LogP contribution in [0, 0.1) is 0 Å². The second kappa shape index (κ2) is 15.7. The van der Waals surface area contributed by atoms with Gasteiger partial charge in [-0.2, -0.15) is 0 Å². The fraction of sp³-hybridized carbons (Fsp3) is 0.444. The van der Waals surface area contributed by atoms with Crippen LogP contribution in [0.3, 0.4) is 0 Å². The number of amides is 2. The molecule has 0 bridgehead atoms. The normalized spacial score (nSPS) is 14.5. The van der Waals surface area contributed by atoms with Gasteiger partial charge in [0.2, 0.25) is 10.0 Å². The Bertz CT molecular complexity index is 1560. The number of aliphatic hydroxyl groups excluding tert-OH is 2. The van der Waals surface area contributed by atoms with E-state index in [0.29, 0.717) is 18.5 Å². The lowest BCUT2D eigenvalue weighted by molar-refractivity contribution is 0.0147. The Morgan fingerprint density at radius 3 is 2.26 bits per heavy atom. The maximum Gasteiger partial charge on any atom is 0.410 e. The monoisotopic (exact) mass is 650 g/mol. The highest BCUT2D eigenvalue weighted by atomic mass is 32.2. The second-order valence-corrected chi connectivity index (χ2v) is 14.8.